The number of aliphatic hydroxyl groups excluding tert-OH is 1. The predicted octanol–water partition coefficient (Wildman–Crippen LogP) is 1.33. The Balaban J connectivity index is 1.90. The van der Waals surface area contributed by atoms with Gasteiger partial charge < -0.3 is 9.84 Å². The number of unbranched alkanes of at least 4 members (excludes halogenated alkanes) is 2. The fraction of sp³-hybridized carbons (Fsp3) is 1.00. The third kappa shape index (κ3) is 2.67. The topological polar surface area (TPSA) is 32.8 Å². The van der Waals surface area contributed by atoms with E-state index in [2.05, 4.69) is 6.92 Å². The van der Waals surface area contributed by atoms with Gasteiger partial charge in [0.25, 0.3) is 0 Å². The summed E-state index contributed by atoms with van der Waals surface area (Å²) in [6.45, 7) is 2.94. The molecule has 0 bridgehead atoms. The lowest BCUT2D eigenvalue weighted by Gasteiger charge is -2.04. The smallest absolute Gasteiger partial charge is 0.107 e. The van der Waals surface area contributed by atoms with Crippen molar-refractivity contribution in [3.05, 3.63) is 0 Å². The van der Waals surface area contributed by atoms with Crippen LogP contribution in [-0.4, -0.2) is 23.9 Å². The van der Waals surface area contributed by atoms with Crippen LogP contribution in [0.25, 0.3) is 0 Å². The largest absolute Gasteiger partial charge is 0.390 e. The van der Waals surface area contributed by atoms with Gasteiger partial charge in [-0.15, -0.1) is 0 Å². The maximum Gasteiger partial charge on any atom is 0.107 e. The molecule has 2 nitrogen and oxygen atoms in total. The molecule has 60 valence electrons. The van der Waals surface area contributed by atoms with Crippen molar-refractivity contribution in [3.8, 4) is 0 Å². The molecule has 0 spiro atoms. The average Bonchev–Trinajstić information content (AvgIpc) is 2.69. The molecule has 1 saturated heterocycles. The van der Waals surface area contributed by atoms with Crippen LogP contribution < -0.4 is 0 Å². The maximum absolute atomic E-state index is 9.29. The normalized spacial score (nSPS) is 26.4. The lowest BCUT2D eigenvalue weighted by Crippen LogP contribution is -2.13. The second kappa shape index (κ2) is 3.94. The molecule has 0 aromatic rings. The van der Waals surface area contributed by atoms with Crippen LogP contribution in [0, 0.1) is 0 Å². The van der Waals surface area contributed by atoms with E-state index in [1.165, 1.54) is 12.8 Å². The number of hydrogen-bond donors (Lipinski definition) is 1. The van der Waals surface area contributed by atoms with Gasteiger partial charge in [-0.05, 0) is 6.42 Å². The third-order valence-corrected chi connectivity index (χ3v) is 1.89. The Morgan fingerprint density at radius 3 is 2.80 bits per heavy atom. The van der Waals surface area contributed by atoms with Crippen molar-refractivity contribution < 1.29 is 9.84 Å². The van der Waals surface area contributed by atoms with Gasteiger partial charge in [0.1, 0.15) is 6.10 Å². The summed E-state index contributed by atoms with van der Waals surface area (Å²) in [5.41, 5.74) is 0. The van der Waals surface area contributed by atoms with E-state index in [1.807, 2.05) is 0 Å². The van der Waals surface area contributed by atoms with E-state index < -0.39 is 0 Å². The van der Waals surface area contributed by atoms with Crippen LogP contribution in [0.2, 0.25) is 0 Å². The minimum absolute atomic E-state index is 0.178. The second-order valence-corrected chi connectivity index (χ2v) is 2.93. The number of ether oxygens (including phenoxy) is 1. The van der Waals surface area contributed by atoms with Crippen molar-refractivity contribution in [3.63, 3.8) is 0 Å². The highest BCUT2D eigenvalue weighted by Crippen LogP contribution is 2.18. The van der Waals surface area contributed by atoms with Crippen molar-refractivity contribution in [2.45, 2.75) is 44.8 Å². The molecule has 0 aliphatic carbocycles. The number of rotatable bonds is 5. The molecule has 0 amide bonds. The molecule has 1 N–H and O–H groups in total. The standard InChI is InChI=1S/C8H16O2/c1-2-3-4-5-7(9)8-6-10-8/h7-9H,2-6H2,1H3/t7-,8+/m0/s1. The Kier molecular flexibility index (Phi) is 3.16. The Hall–Kier alpha value is -0.0800. The Morgan fingerprint density at radius 2 is 2.30 bits per heavy atom. The zero-order chi connectivity index (χ0) is 7.40. The number of epoxide rings is 1. The minimum atomic E-state index is -0.188. The highest BCUT2D eigenvalue weighted by atomic mass is 16.6. The van der Waals surface area contributed by atoms with Crippen LogP contribution >= 0.6 is 0 Å². The van der Waals surface area contributed by atoms with Gasteiger partial charge in [0.2, 0.25) is 0 Å². The van der Waals surface area contributed by atoms with Crippen LogP contribution in [0.1, 0.15) is 32.6 Å². The second-order valence-electron chi connectivity index (χ2n) is 2.93. The fourth-order valence-corrected chi connectivity index (χ4v) is 1.07. The first-order chi connectivity index (χ1) is 4.84. The molecule has 2 atom stereocenters. The monoisotopic (exact) mass is 144 g/mol. The summed E-state index contributed by atoms with van der Waals surface area (Å²) in [5.74, 6) is 0. The molecule has 10 heavy (non-hydrogen) atoms. The summed E-state index contributed by atoms with van der Waals surface area (Å²) < 4.78 is 4.95. The van der Waals surface area contributed by atoms with Crippen LogP contribution in [0.5, 0.6) is 0 Å². The van der Waals surface area contributed by atoms with E-state index in [0.29, 0.717) is 0 Å². The summed E-state index contributed by atoms with van der Waals surface area (Å²) in [6, 6.07) is 0. The quantitative estimate of drug-likeness (QED) is 0.466. The molecule has 0 saturated carbocycles. The molecule has 1 fully saturated rings. The van der Waals surface area contributed by atoms with Crippen LogP contribution in [0.4, 0.5) is 0 Å². The summed E-state index contributed by atoms with van der Waals surface area (Å²) in [6.07, 6.45) is 4.49. The first kappa shape index (κ1) is 8.02. The van der Waals surface area contributed by atoms with Gasteiger partial charge in [0.15, 0.2) is 0 Å². The van der Waals surface area contributed by atoms with Gasteiger partial charge in [-0.2, -0.15) is 0 Å². The van der Waals surface area contributed by atoms with Gasteiger partial charge in [0, 0.05) is 0 Å². The van der Waals surface area contributed by atoms with E-state index in [1.54, 1.807) is 0 Å². The molecular weight excluding hydrogens is 128 g/mol. The minimum Gasteiger partial charge on any atom is -0.390 e. The van der Waals surface area contributed by atoms with E-state index >= 15 is 0 Å². The zero-order valence-corrected chi connectivity index (χ0v) is 6.55. The SMILES string of the molecule is CCCCC[C@H](O)[C@H]1CO1. The molecule has 0 aromatic heterocycles. The zero-order valence-electron chi connectivity index (χ0n) is 6.55. The highest BCUT2D eigenvalue weighted by Gasteiger charge is 2.30. The predicted molar refractivity (Wildman–Crippen MR) is 39.9 cm³/mol. The maximum atomic E-state index is 9.29. The molecule has 1 heterocycles. The van der Waals surface area contributed by atoms with Gasteiger partial charge >= 0.3 is 0 Å². The van der Waals surface area contributed by atoms with Crippen molar-refractivity contribution in [1.29, 1.82) is 0 Å². The third-order valence-electron chi connectivity index (χ3n) is 1.89. The lowest BCUT2D eigenvalue weighted by atomic mass is 10.1. The van der Waals surface area contributed by atoms with Crippen LogP contribution in [0.15, 0.2) is 0 Å². The van der Waals surface area contributed by atoms with Crippen LogP contribution in [0.3, 0.4) is 0 Å². The highest BCUT2D eigenvalue weighted by molar-refractivity contribution is 4.77. The molecule has 1 aliphatic heterocycles. The van der Waals surface area contributed by atoms with E-state index in [9.17, 15) is 5.11 Å². The van der Waals surface area contributed by atoms with E-state index in [0.717, 1.165) is 19.4 Å². The molecule has 1 aliphatic rings. The van der Waals surface area contributed by atoms with Gasteiger partial charge in [-0.3, -0.25) is 0 Å². The van der Waals surface area contributed by atoms with Gasteiger partial charge in [-0.25, -0.2) is 0 Å². The summed E-state index contributed by atoms with van der Waals surface area (Å²) in [4.78, 5) is 0. The van der Waals surface area contributed by atoms with E-state index in [4.69, 9.17) is 4.74 Å². The molecule has 0 unspecified atom stereocenters. The summed E-state index contributed by atoms with van der Waals surface area (Å²) in [5, 5.41) is 9.29. The number of hydrogen-bond acceptors (Lipinski definition) is 2. The first-order valence-corrected chi connectivity index (χ1v) is 4.14. The number of aliphatic hydroxyl groups is 1. The van der Waals surface area contributed by atoms with E-state index in [-0.39, 0.29) is 12.2 Å². The lowest BCUT2D eigenvalue weighted by molar-refractivity contribution is 0.123. The molecule has 2 heteroatoms. The van der Waals surface area contributed by atoms with Crippen molar-refractivity contribution in [1.82, 2.24) is 0 Å². The summed E-state index contributed by atoms with van der Waals surface area (Å²) in [7, 11) is 0. The Labute approximate surface area is 62.2 Å². The molecule has 0 aromatic carbocycles. The van der Waals surface area contributed by atoms with Crippen molar-refractivity contribution in [2.24, 2.45) is 0 Å². The molecular formula is C8H16O2. The average molecular weight is 144 g/mol. The Bertz CT molecular complexity index is 89.3. The van der Waals surface area contributed by atoms with Crippen molar-refractivity contribution in [2.75, 3.05) is 6.61 Å². The molecule has 1 rings (SSSR count). The summed E-state index contributed by atoms with van der Waals surface area (Å²) >= 11 is 0. The van der Waals surface area contributed by atoms with Gasteiger partial charge in [0.05, 0.1) is 12.7 Å². The van der Waals surface area contributed by atoms with Gasteiger partial charge in [-0.1, -0.05) is 26.2 Å². The van der Waals surface area contributed by atoms with Crippen molar-refractivity contribution >= 4 is 0 Å². The Morgan fingerprint density at radius 1 is 1.60 bits per heavy atom. The molecule has 0 radical (unpaired) electrons. The van der Waals surface area contributed by atoms with Crippen LogP contribution in [-0.2, 0) is 4.74 Å². The fourth-order valence-electron chi connectivity index (χ4n) is 1.07. The first-order valence-electron chi connectivity index (χ1n) is 4.14.